The number of ether oxygens (including phenoxy) is 4. The molecule has 0 N–H and O–H groups in total. The predicted octanol–water partition coefficient (Wildman–Crippen LogP) is 3.15. The van der Waals surface area contributed by atoms with Crippen molar-refractivity contribution in [3.05, 3.63) is 73.8 Å². The molecule has 2 aromatic heterocycles. The van der Waals surface area contributed by atoms with Crippen molar-refractivity contribution in [3.8, 4) is 17.2 Å². The first kappa shape index (κ1) is 23.4. The number of hydrogen-bond donors (Lipinski definition) is 0. The molecule has 0 atom stereocenters. The van der Waals surface area contributed by atoms with Crippen molar-refractivity contribution >= 4 is 17.3 Å². The molecule has 3 aromatic rings. The molecule has 0 aliphatic carbocycles. The average molecular weight is 497 g/mol. The van der Waals surface area contributed by atoms with Gasteiger partial charge in [0.15, 0.2) is 11.5 Å². The van der Waals surface area contributed by atoms with Crippen molar-refractivity contribution in [1.29, 1.82) is 0 Å². The van der Waals surface area contributed by atoms with Crippen LogP contribution in [-0.2, 0) is 30.7 Å². The Bertz CT molecular complexity index is 1250. The van der Waals surface area contributed by atoms with Gasteiger partial charge in [0.05, 0.1) is 13.7 Å². The van der Waals surface area contributed by atoms with E-state index in [4.69, 9.17) is 18.9 Å². The third-order valence-electron chi connectivity index (χ3n) is 6.32. The molecule has 2 aliphatic heterocycles. The molecule has 0 saturated carbocycles. The Morgan fingerprint density at radius 3 is 2.71 bits per heavy atom. The minimum atomic E-state index is -0.487. The minimum Gasteiger partial charge on any atom is -0.492 e. The van der Waals surface area contributed by atoms with Gasteiger partial charge in [-0.3, -0.25) is 9.69 Å². The summed E-state index contributed by atoms with van der Waals surface area (Å²) in [5, 5.41) is 4.08. The van der Waals surface area contributed by atoms with Crippen LogP contribution in [0.3, 0.4) is 0 Å². The van der Waals surface area contributed by atoms with Crippen LogP contribution in [0.25, 0.3) is 0 Å². The van der Waals surface area contributed by atoms with Gasteiger partial charge < -0.3 is 23.5 Å². The Morgan fingerprint density at radius 2 is 1.91 bits per heavy atom. The van der Waals surface area contributed by atoms with E-state index in [1.807, 2.05) is 29.6 Å². The van der Waals surface area contributed by atoms with Crippen LogP contribution in [0.15, 0.2) is 45.9 Å². The van der Waals surface area contributed by atoms with Gasteiger partial charge >= 0.3 is 5.97 Å². The smallest absolute Gasteiger partial charge is 0.343 e. The lowest BCUT2D eigenvalue weighted by Gasteiger charge is -2.22. The van der Waals surface area contributed by atoms with Gasteiger partial charge in [-0.05, 0) is 40.1 Å². The molecule has 1 aromatic carbocycles. The fourth-order valence-electron chi connectivity index (χ4n) is 4.55. The van der Waals surface area contributed by atoms with Gasteiger partial charge in [0, 0.05) is 50.8 Å². The molecular formula is C26H28N2O6S. The molecule has 2 aliphatic rings. The highest BCUT2D eigenvalue weighted by Gasteiger charge is 2.26. The topological polar surface area (TPSA) is 79.2 Å². The number of carbonyl (C=O) groups is 1. The van der Waals surface area contributed by atoms with E-state index in [9.17, 15) is 9.59 Å². The number of thiophene rings is 1. The van der Waals surface area contributed by atoms with Gasteiger partial charge in [-0.2, -0.15) is 11.3 Å². The van der Waals surface area contributed by atoms with Crippen LogP contribution >= 0.6 is 11.3 Å². The van der Waals surface area contributed by atoms with E-state index >= 15 is 0 Å². The molecule has 0 unspecified atom stereocenters. The molecular weight excluding hydrogens is 468 g/mol. The summed E-state index contributed by atoms with van der Waals surface area (Å²) in [6, 6.07) is 9.45. The normalized spacial score (nSPS) is 15.2. The average Bonchev–Trinajstić information content (AvgIpc) is 3.30. The highest BCUT2D eigenvalue weighted by molar-refractivity contribution is 7.07. The largest absolute Gasteiger partial charge is 0.492 e. The first-order valence-corrected chi connectivity index (χ1v) is 12.7. The zero-order valence-electron chi connectivity index (χ0n) is 19.7. The monoisotopic (exact) mass is 496 g/mol. The zero-order valence-corrected chi connectivity index (χ0v) is 20.5. The Hall–Kier alpha value is -3.30. The molecule has 0 fully saturated rings. The van der Waals surface area contributed by atoms with Gasteiger partial charge in [-0.1, -0.05) is 6.07 Å². The molecule has 184 valence electrons. The zero-order chi connectivity index (χ0) is 24.2. The van der Waals surface area contributed by atoms with Gasteiger partial charge in [0.2, 0.25) is 0 Å². The number of esters is 1. The van der Waals surface area contributed by atoms with Gasteiger partial charge in [-0.25, -0.2) is 4.79 Å². The van der Waals surface area contributed by atoms with Gasteiger partial charge in [0.25, 0.3) is 5.56 Å². The second-order valence-electron chi connectivity index (χ2n) is 8.55. The van der Waals surface area contributed by atoms with E-state index in [2.05, 4.69) is 10.3 Å². The van der Waals surface area contributed by atoms with Crippen LogP contribution in [0, 0.1) is 0 Å². The minimum absolute atomic E-state index is 0.167. The van der Waals surface area contributed by atoms with E-state index in [0.717, 1.165) is 22.6 Å². The lowest BCUT2D eigenvalue weighted by Crippen LogP contribution is -2.29. The molecule has 0 radical (unpaired) electrons. The molecule has 0 saturated heterocycles. The van der Waals surface area contributed by atoms with Crippen LogP contribution in [-0.4, -0.2) is 55.5 Å². The summed E-state index contributed by atoms with van der Waals surface area (Å²) >= 11 is 1.63. The quantitative estimate of drug-likeness (QED) is 0.465. The molecule has 8 nitrogen and oxygen atoms in total. The van der Waals surface area contributed by atoms with E-state index in [1.54, 1.807) is 15.9 Å². The predicted molar refractivity (Wildman–Crippen MR) is 132 cm³/mol. The first-order chi connectivity index (χ1) is 17.1. The molecule has 0 bridgehead atoms. The lowest BCUT2D eigenvalue weighted by atomic mass is 10.1. The Labute approximate surface area is 207 Å². The SMILES string of the molecule is COC(=O)c1c(OCCc2ccsc2)cc(=O)n2c1CCN(Cc1ccc3c(c1)OCCO3)CC2. The van der Waals surface area contributed by atoms with Crippen molar-refractivity contribution in [3.63, 3.8) is 0 Å². The van der Waals surface area contributed by atoms with Crippen LogP contribution < -0.4 is 19.8 Å². The number of aromatic nitrogens is 1. The van der Waals surface area contributed by atoms with Gasteiger partial charge in [-0.15, -0.1) is 0 Å². The summed E-state index contributed by atoms with van der Waals surface area (Å²) in [6.45, 7) is 4.05. The third kappa shape index (κ3) is 5.21. The number of rotatable bonds is 7. The molecule has 35 heavy (non-hydrogen) atoms. The number of hydrogen-bond acceptors (Lipinski definition) is 8. The number of methoxy groups -OCH3 is 1. The van der Waals surface area contributed by atoms with Crippen molar-refractivity contribution in [2.75, 3.05) is 40.0 Å². The Balaban J connectivity index is 1.34. The van der Waals surface area contributed by atoms with E-state index < -0.39 is 5.97 Å². The highest BCUT2D eigenvalue weighted by Crippen LogP contribution is 2.31. The summed E-state index contributed by atoms with van der Waals surface area (Å²) < 4.78 is 24.0. The Kier molecular flexibility index (Phi) is 7.06. The highest BCUT2D eigenvalue weighted by atomic mass is 32.1. The molecule has 4 heterocycles. The van der Waals surface area contributed by atoms with Crippen LogP contribution in [0.5, 0.6) is 17.2 Å². The second kappa shape index (κ2) is 10.5. The van der Waals surface area contributed by atoms with Crippen LogP contribution in [0.1, 0.15) is 27.2 Å². The maximum atomic E-state index is 13.0. The maximum Gasteiger partial charge on any atom is 0.343 e. The summed E-state index contributed by atoms with van der Waals surface area (Å²) in [5.74, 6) is 1.34. The fraction of sp³-hybridized carbons (Fsp3) is 0.385. The standard InChI is InChI=1S/C26H28N2O6S/c1-31-26(30)25-20-4-7-27(16-19-2-3-21-22(14-19)34-12-11-33-21)8-9-28(20)24(29)15-23(25)32-10-5-18-6-13-35-17-18/h2-3,6,13-15,17H,4-5,7-12,16H2,1H3. The van der Waals surface area contributed by atoms with E-state index in [1.165, 1.54) is 13.2 Å². The van der Waals surface area contributed by atoms with E-state index in [0.29, 0.717) is 75.8 Å². The molecule has 9 heteroatoms. The van der Waals surface area contributed by atoms with Crippen LogP contribution in [0.2, 0.25) is 0 Å². The maximum absolute atomic E-state index is 13.0. The third-order valence-corrected chi connectivity index (χ3v) is 7.05. The summed E-state index contributed by atoms with van der Waals surface area (Å²) in [6.07, 6.45) is 1.23. The fourth-order valence-corrected chi connectivity index (χ4v) is 5.25. The molecule has 0 amide bonds. The summed E-state index contributed by atoms with van der Waals surface area (Å²) in [4.78, 5) is 28.1. The lowest BCUT2D eigenvalue weighted by molar-refractivity contribution is 0.0593. The Morgan fingerprint density at radius 1 is 1.06 bits per heavy atom. The summed E-state index contributed by atoms with van der Waals surface area (Å²) in [5.41, 5.74) is 3.12. The number of benzene rings is 1. The van der Waals surface area contributed by atoms with E-state index in [-0.39, 0.29) is 5.56 Å². The number of nitrogens with zero attached hydrogens (tertiary/aromatic N) is 2. The van der Waals surface area contributed by atoms with Crippen molar-refractivity contribution in [2.24, 2.45) is 0 Å². The summed E-state index contributed by atoms with van der Waals surface area (Å²) in [7, 11) is 1.35. The van der Waals surface area contributed by atoms with Gasteiger partial charge in [0.1, 0.15) is 24.5 Å². The van der Waals surface area contributed by atoms with Crippen molar-refractivity contribution in [1.82, 2.24) is 9.47 Å². The second-order valence-corrected chi connectivity index (χ2v) is 9.33. The molecule has 5 rings (SSSR count). The number of carbonyl (C=O) groups excluding carboxylic acids is 1. The molecule has 0 spiro atoms. The van der Waals surface area contributed by atoms with Crippen LogP contribution in [0.4, 0.5) is 0 Å². The van der Waals surface area contributed by atoms with Crippen molar-refractivity contribution < 1.29 is 23.7 Å². The first-order valence-electron chi connectivity index (χ1n) is 11.7. The number of pyridine rings is 1. The number of fused-ring (bicyclic) bond motifs is 2. The van der Waals surface area contributed by atoms with Crippen molar-refractivity contribution in [2.45, 2.75) is 25.9 Å².